The van der Waals surface area contributed by atoms with Crippen molar-refractivity contribution in [2.45, 2.75) is 19.6 Å². The van der Waals surface area contributed by atoms with Crippen molar-refractivity contribution < 1.29 is 46.2 Å². The molecule has 0 saturated heterocycles. The van der Waals surface area contributed by atoms with Crippen LogP contribution in [0.15, 0.2) is 0 Å². The van der Waals surface area contributed by atoms with E-state index in [9.17, 15) is 22.0 Å². The summed E-state index contributed by atoms with van der Waals surface area (Å²) in [7, 11) is -1.61. The van der Waals surface area contributed by atoms with E-state index < -0.39 is 43.1 Å². The smallest absolute Gasteiger partial charge is 0.200 e. The summed E-state index contributed by atoms with van der Waals surface area (Å²) in [5.74, 6) is -10.7. The third-order valence-corrected chi connectivity index (χ3v) is 1.21. The molecule has 0 saturated carbocycles. The number of halogens is 5. The van der Waals surface area contributed by atoms with Crippen LogP contribution < -0.4 is 0 Å². The third-order valence-electron chi connectivity index (χ3n) is 1.21. The zero-order valence-corrected chi connectivity index (χ0v) is 14.0. The fourth-order valence-electron chi connectivity index (χ4n) is 0.605. The summed E-state index contributed by atoms with van der Waals surface area (Å²) in [4.78, 5) is 8.66. The van der Waals surface area contributed by atoms with Gasteiger partial charge in [-0.3, -0.25) is 0 Å². The number of hydrogen-bond acceptors (Lipinski definition) is 1. The third kappa shape index (κ3) is 5.88. The average molecular weight is 338 g/mol. The Morgan fingerprint density at radius 3 is 1.17 bits per heavy atom. The summed E-state index contributed by atoms with van der Waals surface area (Å²) in [5.41, 5.74) is 4.81. The van der Waals surface area contributed by atoms with Crippen molar-refractivity contribution in [3.05, 3.63) is 34.8 Å². The normalized spacial score (nSPS) is 10.3. The SMILES string of the molecule is C[Si](C)(C)O.[NH-]c1c(F)c(F)c(F)c(F)c1F.[Zn]. The first-order chi connectivity index (χ1) is 7.46. The molecule has 2 N–H and O–H groups in total. The van der Waals surface area contributed by atoms with E-state index in [1.807, 2.05) is 19.6 Å². The van der Waals surface area contributed by atoms with E-state index in [-0.39, 0.29) is 19.5 Å². The predicted octanol–water partition coefficient (Wildman–Crippen LogP) is 3.88. The van der Waals surface area contributed by atoms with Gasteiger partial charge >= 0.3 is 0 Å². The zero-order valence-electron chi connectivity index (χ0n) is 10.0. The molecule has 0 aliphatic rings. The monoisotopic (exact) mass is 336 g/mol. The summed E-state index contributed by atoms with van der Waals surface area (Å²) in [5, 5.41) is 0. The van der Waals surface area contributed by atoms with Crippen LogP contribution >= 0.6 is 0 Å². The fourth-order valence-corrected chi connectivity index (χ4v) is 0.605. The number of benzene rings is 1. The van der Waals surface area contributed by atoms with E-state index in [2.05, 4.69) is 0 Å². The first-order valence-electron chi connectivity index (χ1n) is 4.42. The molecule has 0 aliphatic carbocycles. The molecule has 0 heterocycles. The van der Waals surface area contributed by atoms with Crippen molar-refractivity contribution in [1.29, 1.82) is 0 Å². The van der Waals surface area contributed by atoms with Gasteiger partial charge in [0.25, 0.3) is 0 Å². The second-order valence-corrected chi connectivity index (χ2v) is 8.46. The van der Waals surface area contributed by atoms with Crippen LogP contribution in [-0.2, 0) is 19.5 Å². The van der Waals surface area contributed by atoms with Crippen LogP contribution in [0.5, 0.6) is 0 Å². The summed E-state index contributed by atoms with van der Waals surface area (Å²) < 4.78 is 60.9. The van der Waals surface area contributed by atoms with Crippen molar-refractivity contribution in [1.82, 2.24) is 0 Å². The maximum Gasteiger partial charge on any atom is 0.200 e. The molecule has 0 aromatic heterocycles. The standard InChI is InChI=1S/C6HF5N.C3H10OSi.Zn/c7-1-2(8)4(10)6(12)5(11)3(1)9;1-5(2,3)4;/h12H;4H,1-3H3;/q-1;;. The van der Waals surface area contributed by atoms with Crippen molar-refractivity contribution in [3.63, 3.8) is 0 Å². The van der Waals surface area contributed by atoms with Gasteiger partial charge in [-0.1, -0.05) is 5.69 Å². The summed E-state index contributed by atoms with van der Waals surface area (Å²) in [6, 6.07) is 0. The first-order valence-corrected chi connectivity index (χ1v) is 7.87. The Morgan fingerprint density at radius 1 is 0.778 bits per heavy atom. The number of nitrogens with one attached hydrogen (secondary N) is 1. The zero-order chi connectivity index (χ0) is 14.0. The second-order valence-electron chi connectivity index (χ2n) is 4.12. The fraction of sp³-hybridized carbons (Fsp3) is 0.333. The quantitative estimate of drug-likeness (QED) is 0.332. The van der Waals surface area contributed by atoms with Crippen LogP contribution in [-0.4, -0.2) is 13.1 Å². The van der Waals surface area contributed by atoms with Crippen LogP contribution in [0.2, 0.25) is 19.6 Å². The summed E-state index contributed by atoms with van der Waals surface area (Å²) >= 11 is 0. The van der Waals surface area contributed by atoms with Gasteiger partial charge in [0.05, 0.1) is 0 Å². The molecular weight excluding hydrogens is 327 g/mol. The number of rotatable bonds is 0. The predicted molar refractivity (Wildman–Crippen MR) is 55.8 cm³/mol. The average Bonchev–Trinajstić information content (AvgIpc) is 2.18. The largest absolute Gasteiger partial charge is 0.694 e. The van der Waals surface area contributed by atoms with E-state index in [1.165, 1.54) is 0 Å². The van der Waals surface area contributed by atoms with Crippen molar-refractivity contribution in [2.24, 2.45) is 0 Å². The molecule has 0 aliphatic heterocycles. The second kappa shape index (κ2) is 7.16. The Hall–Kier alpha value is -0.530. The van der Waals surface area contributed by atoms with E-state index in [4.69, 9.17) is 10.5 Å². The first kappa shape index (κ1) is 19.8. The van der Waals surface area contributed by atoms with Gasteiger partial charge in [0.15, 0.2) is 25.8 Å². The minimum atomic E-state index is -2.25. The Morgan fingerprint density at radius 2 is 0.944 bits per heavy atom. The van der Waals surface area contributed by atoms with Gasteiger partial charge in [-0.15, -0.1) is 0 Å². The Labute approximate surface area is 115 Å². The minimum Gasteiger partial charge on any atom is -0.694 e. The molecular formula is C9H11F5NOSiZn-. The Balaban J connectivity index is 0. The molecule has 0 amide bonds. The van der Waals surface area contributed by atoms with Gasteiger partial charge in [-0.25, -0.2) is 22.0 Å². The molecule has 1 rings (SSSR count). The topological polar surface area (TPSA) is 44.0 Å². The van der Waals surface area contributed by atoms with Gasteiger partial charge in [0.2, 0.25) is 0 Å². The Kier molecular flexibility index (Phi) is 7.87. The molecule has 100 valence electrons. The minimum absolute atomic E-state index is 0. The molecule has 9 heteroatoms. The molecule has 0 radical (unpaired) electrons. The molecule has 2 nitrogen and oxygen atoms in total. The van der Waals surface area contributed by atoms with Crippen LogP contribution in [0.3, 0.4) is 0 Å². The molecule has 0 unspecified atom stereocenters. The van der Waals surface area contributed by atoms with E-state index in [0.29, 0.717) is 0 Å². The molecule has 1 aromatic carbocycles. The van der Waals surface area contributed by atoms with Gasteiger partial charge in [-0.2, -0.15) is 0 Å². The molecule has 0 spiro atoms. The van der Waals surface area contributed by atoms with Crippen LogP contribution in [0.1, 0.15) is 0 Å². The van der Waals surface area contributed by atoms with Crippen LogP contribution in [0.4, 0.5) is 27.6 Å². The van der Waals surface area contributed by atoms with E-state index in [1.54, 1.807) is 0 Å². The van der Waals surface area contributed by atoms with Crippen molar-refractivity contribution in [3.8, 4) is 0 Å². The Bertz CT molecular complexity index is 313. The number of hydrogen-bond donors (Lipinski definition) is 1. The van der Waals surface area contributed by atoms with Gasteiger partial charge < -0.3 is 10.5 Å². The molecule has 0 atom stereocenters. The maximum absolute atomic E-state index is 12.2. The summed E-state index contributed by atoms with van der Waals surface area (Å²) in [6.45, 7) is 5.65. The van der Waals surface area contributed by atoms with Crippen LogP contribution in [0, 0.1) is 29.1 Å². The molecule has 0 bridgehead atoms. The molecule has 1 aromatic rings. The van der Waals surface area contributed by atoms with Crippen molar-refractivity contribution in [2.75, 3.05) is 0 Å². The van der Waals surface area contributed by atoms with Gasteiger partial charge in [0, 0.05) is 19.5 Å². The molecule has 18 heavy (non-hydrogen) atoms. The van der Waals surface area contributed by atoms with Crippen LogP contribution in [0.25, 0.3) is 5.73 Å². The summed E-state index contributed by atoms with van der Waals surface area (Å²) in [6.07, 6.45) is 0. The van der Waals surface area contributed by atoms with Gasteiger partial charge in [0.1, 0.15) is 11.6 Å². The maximum atomic E-state index is 12.2. The van der Waals surface area contributed by atoms with Gasteiger partial charge in [-0.05, 0) is 19.6 Å². The van der Waals surface area contributed by atoms with E-state index in [0.717, 1.165) is 0 Å². The van der Waals surface area contributed by atoms with E-state index >= 15 is 0 Å². The van der Waals surface area contributed by atoms with Crippen molar-refractivity contribution >= 4 is 14.0 Å². The molecule has 0 fully saturated rings.